The number of aromatic nitrogens is 1. The van der Waals surface area contributed by atoms with E-state index in [1.807, 2.05) is 42.6 Å². The van der Waals surface area contributed by atoms with Gasteiger partial charge in [-0.05, 0) is 134 Å². The van der Waals surface area contributed by atoms with Crippen LogP contribution < -0.4 is 24.3 Å². The van der Waals surface area contributed by atoms with E-state index in [1.165, 1.54) is 28.8 Å². The topological polar surface area (TPSA) is 99.1 Å². The Bertz CT molecular complexity index is 1940. The van der Waals surface area contributed by atoms with Crippen LogP contribution in [0, 0.1) is 11.8 Å². The van der Waals surface area contributed by atoms with Crippen molar-refractivity contribution >= 4 is 23.3 Å². The molecular weight excluding hydrogens is 688 g/mol. The number of pyridine rings is 1. The summed E-state index contributed by atoms with van der Waals surface area (Å²) in [5, 5.41) is 14.7. The van der Waals surface area contributed by atoms with Crippen LogP contribution in [-0.4, -0.2) is 42.4 Å². The van der Waals surface area contributed by atoms with Crippen molar-refractivity contribution in [2.75, 3.05) is 26.1 Å². The zero-order valence-corrected chi connectivity index (χ0v) is 32.0. The average molecular weight is 739 g/mol. The van der Waals surface area contributed by atoms with E-state index in [2.05, 4.69) is 42.3 Å². The Labute approximate surface area is 318 Å². The second kappa shape index (κ2) is 15.5. The summed E-state index contributed by atoms with van der Waals surface area (Å²) >= 11 is 6.30. The second-order valence-electron chi connectivity index (χ2n) is 15.5. The molecule has 4 aromatic rings. The third kappa shape index (κ3) is 7.40. The van der Waals surface area contributed by atoms with Crippen molar-refractivity contribution in [3.63, 3.8) is 0 Å². The molecule has 3 aliphatic rings. The molecule has 0 amide bonds. The summed E-state index contributed by atoms with van der Waals surface area (Å²) in [6.07, 6.45) is 9.67. The van der Waals surface area contributed by atoms with E-state index in [4.69, 9.17) is 30.5 Å². The molecule has 7 rings (SSSR count). The summed E-state index contributed by atoms with van der Waals surface area (Å²) < 4.78 is 24.0. The number of carbonyl (C=O) groups is 1. The molecule has 53 heavy (non-hydrogen) atoms. The number of hydrogen-bond donors (Lipinski definition) is 2. The lowest BCUT2D eigenvalue weighted by atomic mass is 9.59. The molecule has 1 aromatic heterocycles. The van der Waals surface area contributed by atoms with E-state index >= 15 is 0 Å². The quantitative estimate of drug-likeness (QED) is 0.140. The van der Waals surface area contributed by atoms with Crippen molar-refractivity contribution < 1.29 is 28.8 Å². The molecule has 1 saturated carbocycles. The van der Waals surface area contributed by atoms with E-state index in [0.29, 0.717) is 66.1 Å². The van der Waals surface area contributed by atoms with Gasteiger partial charge in [0.2, 0.25) is 5.75 Å². The van der Waals surface area contributed by atoms with Gasteiger partial charge < -0.3 is 29.4 Å². The average Bonchev–Trinajstić information content (AvgIpc) is 3.44. The third-order valence-corrected chi connectivity index (χ3v) is 12.4. The van der Waals surface area contributed by atoms with Crippen LogP contribution in [0.25, 0.3) is 0 Å². The van der Waals surface area contributed by atoms with Gasteiger partial charge in [-0.2, -0.15) is 0 Å². The highest BCUT2D eigenvalue weighted by Crippen LogP contribution is 2.56. The zero-order valence-electron chi connectivity index (χ0n) is 31.3. The number of anilines is 1. The van der Waals surface area contributed by atoms with Gasteiger partial charge in [-0.3, -0.25) is 4.98 Å². The number of nitrogens with one attached hydrogen (secondary N) is 1. The summed E-state index contributed by atoms with van der Waals surface area (Å²) in [7, 11) is 3.23. The van der Waals surface area contributed by atoms with Crippen molar-refractivity contribution in [2.24, 2.45) is 11.8 Å². The molecule has 0 saturated heterocycles. The van der Waals surface area contributed by atoms with Crippen LogP contribution in [-0.2, 0) is 29.7 Å². The predicted octanol–water partition coefficient (Wildman–Crippen LogP) is 9.80. The van der Waals surface area contributed by atoms with Gasteiger partial charge in [-0.1, -0.05) is 55.8 Å². The van der Waals surface area contributed by atoms with Gasteiger partial charge in [0.1, 0.15) is 17.9 Å². The molecule has 1 unspecified atom stereocenters. The first-order valence-corrected chi connectivity index (χ1v) is 19.4. The lowest BCUT2D eigenvalue weighted by Crippen LogP contribution is -2.53. The number of carboxylic acids is 1. The number of hydrogen-bond acceptors (Lipinski definition) is 7. The SMILES string of the molecule is COc1cccc(OCc2ccc3c(c2)C2(CCC(Nc4cccc(Cl)c4)(C(=O)O)CC2)C(C[C@@H](C)COc2ccnc4c2[C@H](C)CCC4)C3)c1OC. The maximum Gasteiger partial charge on any atom is 0.329 e. The molecule has 1 spiro atoms. The minimum absolute atomic E-state index is 0.174. The van der Waals surface area contributed by atoms with Crippen LogP contribution in [0.5, 0.6) is 23.0 Å². The lowest BCUT2D eigenvalue weighted by Gasteiger charge is -2.47. The standard InChI is InChI=1S/C44H51ClN2O6/c1-28(26-52-37-16-21-46-36-11-5-8-29(2)40(36)37)22-32-24-31-15-14-30(27-53-39-13-7-12-38(50-3)41(39)51-4)23-35(31)43(32)17-19-44(20-18-43,42(48)49)47-34-10-6-9-33(45)25-34/h6-7,9-10,12-16,21,23,25,28-29,32,47H,5,8,11,17-20,22,24,26-27H2,1-4H3,(H,48,49)/t28-,29-,32?,43?,44?/m1/s1. The number of carboxylic acid groups (broad SMARTS) is 1. The number of ether oxygens (including phenoxy) is 4. The Morgan fingerprint density at radius 1 is 0.981 bits per heavy atom. The Balaban J connectivity index is 1.14. The first-order chi connectivity index (χ1) is 25.6. The molecule has 9 heteroatoms. The maximum atomic E-state index is 13.0. The largest absolute Gasteiger partial charge is 0.493 e. The van der Waals surface area contributed by atoms with E-state index in [9.17, 15) is 9.90 Å². The molecule has 3 aliphatic carbocycles. The first-order valence-electron chi connectivity index (χ1n) is 19.0. The van der Waals surface area contributed by atoms with Crippen LogP contribution in [0.1, 0.15) is 92.7 Å². The number of halogens is 1. The van der Waals surface area contributed by atoms with E-state index < -0.39 is 11.5 Å². The van der Waals surface area contributed by atoms with Crippen molar-refractivity contribution in [1.82, 2.24) is 4.98 Å². The van der Waals surface area contributed by atoms with Crippen LogP contribution in [0.15, 0.2) is 72.9 Å². The molecule has 1 heterocycles. The molecule has 3 aromatic carbocycles. The fourth-order valence-electron chi connectivity index (χ4n) is 9.37. The Hall–Kier alpha value is -4.43. The van der Waals surface area contributed by atoms with Crippen LogP contribution in [0.2, 0.25) is 5.02 Å². The van der Waals surface area contributed by atoms with Crippen molar-refractivity contribution in [2.45, 2.75) is 95.1 Å². The molecule has 8 nitrogen and oxygen atoms in total. The van der Waals surface area contributed by atoms with E-state index in [0.717, 1.165) is 55.5 Å². The minimum Gasteiger partial charge on any atom is -0.493 e. The highest BCUT2D eigenvalue weighted by molar-refractivity contribution is 6.30. The molecule has 2 N–H and O–H groups in total. The predicted molar refractivity (Wildman–Crippen MR) is 208 cm³/mol. The Morgan fingerprint density at radius 2 is 1.77 bits per heavy atom. The molecule has 3 atom stereocenters. The van der Waals surface area contributed by atoms with Crippen LogP contribution >= 0.6 is 11.6 Å². The number of aliphatic carboxylic acids is 1. The fraction of sp³-hybridized carbons (Fsp3) is 0.455. The van der Waals surface area contributed by atoms with Crippen molar-refractivity contribution in [1.29, 1.82) is 0 Å². The zero-order chi connectivity index (χ0) is 37.2. The fourth-order valence-corrected chi connectivity index (χ4v) is 9.56. The molecule has 0 bridgehead atoms. The van der Waals surface area contributed by atoms with E-state index in [1.54, 1.807) is 26.4 Å². The minimum atomic E-state index is -1.08. The maximum absolute atomic E-state index is 13.0. The molecule has 0 aliphatic heterocycles. The number of fused-ring (bicyclic) bond motifs is 3. The van der Waals surface area contributed by atoms with Gasteiger partial charge in [-0.25, -0.2) is 4.79 Å². The summed E-state index contributed by atoms with van der Waals surface area (Å²) in [5.41, 5.74) is 5.66. The number of methoxy groups -OCH3 is 2. The Morgan fingerprint density at radius 3 is 2.53 bits per heavy atom. The summed E-state index contributed by atoms with van der Waals surface area (Å²) in [5.74, 6) is 3.05. The Kier molecular flexibility index (Phi) is 10.8. The van der Waals surface area contributed by atoms with Crippen molar-refractivity contribution in [3.05, 3.63) is 106 Å². The van der Waals surface area contributed by atoms with Gasteiger partial charge in [0, 0.05) is 28.2 Å². The molecule has 0 radical (unpaired) electrons. The number of aryl methyl sites for hydroxylation is 1. The molecular formula is C44H51ClN2O6. The summed E-state index contributed by atoms with van der Waals surface area (Å²) in [4.78, 5) is 17.7. The number of rotatable bonds is 13. The first kappa shape index (κ1) is 36.9. The van der Waals surface area contributed by atoms with Gasteiger partial charge in [-0.15, -0.1) is 0 Å². The van der Waals surface area contributed by atoms with Gasteiger partial charge in [0.25, 0.3) is 0 Å². The number of para-hydroxylation sites is 1. The number of nitrogens with zero attached hydrogens (tertiary/aromatic N) is 1. The summed E-state index contributed by atoms with van der Waals surface area (Å²) in [6, 6.07) is 21.7. The molecule has 280 valence electrons. The molecule has 1 fully saturated rings. The van der Waals surface area contributed by atoms with Gasteiger partial charge >= 0.3 is 5.97 Å². The van der Waals surface area contributed by atoms with Gasteiger partial charge in [0.15, 0.2) is 11.5 Å². The highest BCUT2D eigenvalue weighted by atomic mass is 35.5. The smallest absolute Gasteiger partial charge is 0.329 e. The van der Waals surface area contributed by atoms with Crippen LogP contribution in [0.3, 0.4) is 0 Å². The van der Waals surface area contributed by atoms with Crippen LogP contribution in [0.4, 0.5) is 5.69 Å². The monoisotopic (exact) mass is 738 g/mol. The highest BCUT2D eigenvalue weighted by Gasteiger charge is 2.54. The second-order valence-corrected chi connectivity index (χ2v) is 15.9. The van der Waals surface area contributed by atoms with Gasteiger partial charge in [0.05, 0.1) is 20.8 Å². The lowest BCUT2D eigenvalue weighted by molar-refractivity contribution is -0.144. The van der Waals surface area contributed by atoms with Crippen molar-refractivity contribution in [3.8, 4) is 23.0 Å². The normalized spacial score (nSPS) is 23.8. The number of benzene rings is 3. The summed E-state index contributed by atoms with van der Waals surface area (Å²) in [6.45, 7) is 5.57. The van der Waals surface area contributed by atoms with E-state index in [-0.39, 0.29) is 5.41 Å². The third-order valence-electron chi connectivity index (χ3n) is 12.1.